The van der Waals surface area contributed by atoms with Gasteiger partial charge in [0, 0.05) is 38.3 Å². The molecule has 1 atom stereocenters. The molecule has 1 aromatic heterocycles. The lowest BCUT2D eigenvalue weighted by Crippen LogP contribution is -2.45. The largest absolute Gasteiger partial charge is 0.378 e. The van der Waals surface area contributed by atoms with Gasteiger partial charge in [-0.3, -0.25) is 0 Å². The maximum atomic E-state index is 5.42. The van der Waals surface area contributed by atoms with Gasteiger partial charge in [0.25, 0.3) is 0 Å². The summed E-state index contributed by atoms with van der Waals surface area (Å²) in [6.07, 6.45) is 1.60. The number of nitrogens with zero attached hydrogens (tertiary/aromatic N) is 3. The average molecular weight is 265 g/mol. The minimum atomic E-state index is 0.343. The number of morpholine rings is 1. The molecule has 1 fully saturated rings. The van der Waals surface area contributed by atoms with E-state index in [4.69, 9.17) is 4.74 Å². The van der Waals surface area contributed by atoms with E-state index in [-0.39, 0.29) is 0 Å². The zero-order chi connectivity index (χ0) is 13.7. The lowest BCUT2D eigenvalue weighted by Gasteiger charge is -2.25. The highest BCUT2D eigenvalue weighted by Gasteiger charge is 2.13. The molecular weight excluding hydrogens is 242 g/mol. The van der Waals surface area contributed by atoms with Gasteiger partial charge in [0.1, 0.15) is 18.0 Å². The number of rotatable bonds is 5. The Morgan fingerprint density at radius 3 is 3.05 bits per heavy atom. The second-order valence-corrected chi connectivity index (χ2v) is 5.07. The van der Waals surface area contributed by atoms with Crippen LogP contribution in [0.3, 0.4) is 0 Å². The summed E-state index contributed by atoms with van der Waals surface area (Å²) in [5.41, 5.74) is 0. The first-order valence-electron chi connectivity index (χ1n) is 6.76. The highest BCUT2D eigenvalue weighted by Crippen LogP contribution is 2.14. The van der Waals surface area contributed by atoms with Gasteiger partial charge in [-0.2, -0.15) is 0 Å². The van der Waals surface area contributed by atoms with E-state index < -0.39 is 0 Å². The van der Waals surface area contributed by atoms with Gasteiger partial charge in [-0.1, -0.05) is 0 Å². The molecular formula is C13H23N5O. The Balaban J connectivity index is 1.91. The van der Waals surface area contributed by atoms with Gasteiger partial charge < -0.3 is 20.3 Å². The predicted octanol–water partition coefficient (Wildman–Crippen LogP) is 0.722. The predicted molar refractivity (Wildman–Crippen MR) is 76.7 cm³/mol. The maximum absolute atomic E-state index is 5.42. The fraction of sp³-hybridized carbons (Fsp3) is 0.692. The molecule has 0 bridgehead atoms. The summed E-state index contributed by atoms with van der Waals surface area (Å²) in [4.78, 5) is 10.7. The van der Waals surface area contributed by atoms with Crippen LogP contribution in [0.4, 0.5) is 11.6 Å². The zero-order valence-electron chi connectivity index (χ0n) is 11.9. The van der Waals surface area contributed by atoms with E-state index >= 15 is 0 Å². The molecule has 1 unspecified atom stereocenters. The lowest BCUT2D eigenvalue weighted by molar-refractivity contribution is 0.0806. The molecule has 1 saturated heterocycles. The van der Waals surface area contributed by atoms with Crippen LogP contribution in [0.1, 0.15) is 13.8 Å². The van der Waals surface area contributed by atoms with E-state index in [2.05, 4.69) is 39.3 Å². The Morgan fingerprint density at radius 1 is 1.53 bits per heavy atom. The van der Waals surface area contributed by atoms with Gasteiger partial charge in [0.2, 0.25) is 0 Å². The molecule has 106 valence electrons. The molecule has 2 heterocycles. The van der Waals surface area contributed by atoms with E-state index in [9.17, 15) is 0 Å². The second kappa shape index (κ2) is 6.68. The number of nitrogens with one attached hydrogen (secondary N) is 2. The van der Waals surface area contributed by atoms with Crippen molar-refractivity contribution >= 4 is 11.6 Å². The molecule has 2 rings (SSSR count). The molecule has 0 radical (unpaired) electrons. The molecule has 0 aromatic carbocycles. The summed E-state index contributed by atoms with van der Waals surface area (Å²) >= 11 is 0. The summed E-state index contributed by atoms with van der Waals surface area (Å²) < 4.78 is 5.42. The van der Waals surface area contributed by atoms with Crippen LogP contribution in [0.25, 0.3) is 0 Å². The molecule has 0 saturated carbocycles. The van der Waals surface area contributed by atoms with Crippen molar-refractivity contribution in [3.8, 4) is 0 Å². The van der Waals surface area contributed by atoms with Crippen molar-refractivity contribution in [2.24, 2.45) is 0 Å². The summed E-state index contributed by atoms with van der Waals surface area (Å²) in [5, 5.41) is 6.73. The Hall–Kier alpha value is -1.40. The minimum absolute atomic E-state index is 0.343. The molecule has 0 amide bonds. The van der Waals surface area contributed by atoms with Crippen molar-refractivity contribution in [2.45, 2.75) is 25.9 Å². The molecule has 19 heavy (non-hydrogen) atoms. The van der Waals surface area contributed by atoms with Gasteiger partial charge in [-0.05, 0) is 13.8 Å². The first kappa shape index (κ1) is 14.0. The Bertz CT molecular complexity index is 392. The van der Waals surface area contributed by atoms with E-state index in [1.54, 1.807) is 6.33 Å². The zero-order valence-corrected chi connectivity index (χ0v) is 11.9. The normalized spacial score (nSPS) is 19.5. The van der Waals surface area contributed by atoms with E-state index in [0.717, 1.165) is 37.9 Å². The number of aromatic nitrogens is 2. The fourth-order valence-corrected chi connectivity index (χ4v) is 1.88. The topological polar surface area (TPSA) is 62.3 Å². The van der Waals surface area contributed by atoms with E-state index in [0.29, 0.717) is 12.1 Å². The van der Waals surface area contributed by atoms with Crippen LogP contribution in [0, 0.1) is 0 Å². The highest BCUT2D eigenvalue weighted by molar-refractivity contribution is 5.48. The monoisotopic (exact) mass is 265 g/mol. The van der Waals surface area contributed by atoms with Crippen molar-refractivity contribution in [3.63, 3.8) is 0 Å². The van der Waals surface area contributed by atoms with Crippen LogP contribution >= 0.6 is 0 Å². The van der Waals surface area contributed by atoms with E-state index in [1.165, 1.54) is 0 Å². The van der Waals surface area contributed by atoms with Gasteiger partial charge in [-0.25, -0.2) is 9.97 Å². The molecule has 6 nitrogen and oxygen atoms in total. The quantitative estimate of drug-likeness (QED) is 0.818. The molecule has 1 aromatic rings. The lowest BCUT2D eigenvalue weighted by atomic mass is 10.3. The van der Waals surface area contributed by atoms with Crippen molar-refractivity contribution in [2.75, 3.05) is 43.6 Å². The molecule has 0 spiro atoms. The molecule has 1 aliphatic rings. The summed E-state index contributed by atoms with van der Waals surface area (Å²) in [7, 11) is 2.04. The summed E-state index contributed by atoms with van der Waals surface area (Å²) in [6.45, 7) is 7.54. The molecule has 6 heteroatoms. The van der Waals surface area contributed by atoms with Crippen molar-refractivity contribution in [3.05, 3.63) is 12.4 Å². The Morgan fingerprint density at radius 2 is 2.37 bits per heavy atom. The average Bonchev–Trinajstić information content (AvgIpc) is 2.45. The number of hydrogen-bond donors (Lipinski definition) is 2. The number of anilines is 2. The fourth-order valence-electron chi connectivity index (χ4n) is 1.88. The third kappa shape index (κ3) is 4.04. The van der Waals surface area contributed by atoms with Crippen LogP contribution < -0.4 is 15.5 Å². The smallest absolute Gasteiger partial charge is 0.134 e. The van der Waals surface area contributed by atoms with Crippen LogP contribution in [-0.4, -0.2) is 55.4 Å². The van der Waals surface area contributed by atoms with Crippen LogP contribution in [0.5, 0.6) is 0 Å². The molecule has 0 aliphatic carbocycles. The van der Waals surface area contributed by atoms with Crippen molar-refractivity contribution < 1.29 is 4.74 Å². The van der Waals surface area contributed by atoms with Crippen molar-refractivity contribution in [1.29, 1.82) is 0 Å². The third-order valence-corrected chi connectivity index (χ3v) is 3.32. The van der Waals surface area contributed by atoms with Gasteiger partial charge in [-0.15, -0.1) is 0 Å². The first-order chi connectivity index (χ1) is 9.16. The molecule has 2 N–H and O–H groups in total. The second-order valence-electron chi connectivity index (χ2n) is 5.07. The molecule has 1 aliphatic heterocycles. The SMILES string of the molecule is CC(C)N(C)c1cc(NCC2COCCN2)ncn1. The number of ether oxygens (including phenoxy) is 1. The Kier molecular flexibility index (Phi) is 4.93. The minimum Gasteiger partial charge on any atom is -0.378 e. The van der Waals surface area contributed by atoms with Gasteiger partial charge >= 0.3 is 0 Å². The summed E-state index contributed by atoms with van der Waals surface area (Å²) in [5.74, 6) is 1.78. The van der Waals surface area contributed by atoms with Crippen LogP contribution in [-0.2, 0) is 4.74 Å². The highest BCUT2D eigenvalue weighted by atomic mass is 16.5. The van der Waals surface area contributed by atoms with Gasteiger partial charge in [0.05, 0.1) is 13.2 Å². The first-order valence-corrected chi connectivity index (χ1v) is 6.76. The third-order valence-electron chi connectivity index (χ3n) is 3.32. The van der Waals surface area contributed by atoms with Crippen LogP contribution in [0.15, 0.2) is 12.4 Å². The maximum Gasteiger partial charge on any atom is 0.134 e. The van der Waals surface area contributed by atoms with Crippen molar-refractivity contribution in [1.82, 2.24) is 15.3 Å². The Labute approximate surface area is 114 Å². The van der Waals surface area contributed by atoms with Crippen LogP contribution in [0.2, 0.25) is 0 Å². The summed E-state index contributed by atoms with van der Waals surface area (Å²) in [6, 6.07) is 2.73. The number of hydrogen-bond acceptors (Lipinski definition) is 6. The van der Waals surface area contributed by atoms with E-state index in [1.807, 2.05) is 13.1 Å². The van der Waals surface area contributed by atoms with Gasteiger partial charge in [0.15, 0.2) is 0 Å². The standard InChI is InChI=1S/C13H23N5O/c1-10(2)18(3)13-6-12(16-9-17-13)15-7-11-8-19-5-4-14-11/h6,9-11,14H,4-5,7-8H2,1-3H3,(H,15,16,17).